The number of ether oxygens (including phenoxy) is 1. The zero-order valence-corrected chi connectivity index (χ0v) is 17.4. The molecule has 0 saturated heterocycles. The number of benzene rings is 1. The molecule has 0 aliphatic heterocycles. The number of thiazole rings is 1. The molecule has 0 radical (unpaired) electrons. The van der Waals surface area contributed by atoms with E-state index in [1.54, 1.807) is 11.3 Å². The number of rotatable bonds is 7. The molecule has 1 aliphatic carbocycles. The Balaban J connectivity index is 1.31. The van der Waals surface area contributed by atoms with Crippen LogP contribution < -0.4 is 10.6 Å². The number of hydrogen-bond donors (Lipinski definition) is 2. The molecule has 0 spiro atoms. The van der Waals surface area contributed by atoms with Crippen LogP contribution in [-0.4, -0.2) is 35.5 Å². The zero-order chi connectivity index (χ0) is 20.6. The third kappa shape index (κ3) is 6.52. The first-order valence-corrected chi connectivity index (χ1v) is 10.9. The predicted molar refractivity (Wildman–Crippen MR) is 112 cm³/mol. The molecule has 29 heavy (non-hydrogen) atoms. The average Bonchev–Trinajstić information content (AvgIpc) is 3.11. The smallest absolute Gasteiger partial charge is 0.321 e. The van der Waals surface area contributed by atoms with Crippen molar-refractivity contribution in [2.24, 2.45) is 5.92 Å². The van der Waals surface area contributed by atoms with Crippen molar-refractivity contribution in [3.05, 3.63) is 29.3 Å². The van der Waals surface area contributed by atoms with Crippen LogP contribution >= 0.6 is 11.3 Å². The van der Waals surface area contributed by atoms with Crippen molar-refractivity contribution in [2.75, 3.05) is 6.61 Å². The van der Waals surface area contributed by atoms with E-state index in [4.69, 9.17) is 4.74 Å². The van der Waals surface area contributed by atoms with Crippen LogP contribution in [-0.2, 0) is 20.7 Å². The van der Waals surface area contributed by atoms with E-state index in [-0.39, 0.29) is 12.5 Å². The van der Waals surface area contributed by atoms with Crippen molar-refractivity contribution in [2.45, 2.75) is 57.9 Å². The van der Waals surface area contributed by atoms with Crippen molar-refractivity contribution in [1.29, 1.82) is 0 Å². The van der Waals surface area contributed by atoms with Gasteiger partial charge in [0.1, 0.15) is 0 Å². The SMILES string of the molecule is C[C@@H]1CCCC[C@H]1NC(=O)NC(=O)COC(=O)CCCc1nc2ccccc2s1. The Morgan fingerprint density at radius 1 is 1.21 bits per heavy atom. The van der Waals surface area contributed by atoms with Crippen molar-refractivity contribution >= 4 is 39.5 Å². The van der Waals surface area contributed by atoms with Gasteiger partial charge in [-0.2, -0.15) is 0 Å². The van der Waals surface area contributed by atoms with Gasteiger partial charge in [-0.15, -0.1) is 11.3 Å². The van der Waals surface area contributed by atoms with Gasteiger partial charge in [0.15, 0.2) is 6.61 Å². The number of hydrogen-bond acceptors (Lipinski definition) is 6. The Labute approximate surface area is 174 Å². The van der Waals surface area contributed by atoms with Crippen LogP contribution in [0.3, 0.4) is 0 Å². The van der Waals surface area contributed by atoms with E-state index >= 15 is 0 Å². The highest BCUT2D eigenvalue weighted by atomic mass is 32.1. The lowest BCUT2D eigenvalue weighted by atomic mass is 9.86. The molecule has 2 aromatic rings. The molecule has 8 heteroatoms. The quantitative estimate of drug-likeness (QED) is 0.671. The van der Waals surface area contributed by atoms with E-state index in [1.165, 1.54) is 6.42 Å². The minimum Gasteiger partial charge on any atom is -0.456 e. The molecule has 2 N–H and O–H groups in total. The van der Waals surface area contributed by atoms with E-state index in [0.717, 1.165) is 34.5 Å². The summed E-state index contributed by atoms with van der Waals surface area (Å²) in [4.78, 5) is 40.1. The molecule has 1 fully saturated rings. The fourth-order valence-electron chi connectivity index (χ4n) is 3.53. The van der Waals surface area contributed by atoms with Crippen LogP contribution in [0.1, 0.15) is 50.5 Å². The van der Waals surface area contributed by atoms with E-state index in [2.05, 4.69) is 22.5 Å². The number of para-hydroxylation sites is 1. The Morgan fingerprint density at radius 2 is 2.00 bits per heavy atom. The first kappa shape index (κ1) is 21.2. The van der Waals surface area contributed by atoms with Gasteiger partial charge in [-0.3, -0.25) is 14.9 Å². The molecule has 3 amide bonds. The lowest BCUT2D eigenvalue weighted by molar-refractivity contribution is -0.148. The fourth-order valence-corrected chi connectivity index (χ4v) is 4.54. The number of imide groups is 1. The van der Waals surface area contributed by atoms with E-state index in [0.29, 0.717) is 18.8 Å². The number of nitrogens with zero attached hydrogens (tertiary/aromatic N) is 1. The second-order valence-electron chi connectivity index (χ2n) is 7.48. The van der Waals surface area contributed by atoms with Gasteiger partial charge in [-0.05, 0) is 43.7 Å². The summed E-state index contributed by atoms with van der Waals surface area (Å²) in [6.45, 7) is 1.65. The first-order chi connectivity index (χ1) is 14.0. The van der Waals surface area contributed by atoms with Crippen LogP contribution in [0.5, 0.6) is 0 Å². The normalized spacial score (nSPS) is 18.9. The number of esters is 1. The molecule has 7 nitrogen and oxygen atoms in total. The number of urea groups is 1. The molecular formula is C21H27N3O4S. The first-order valence-electron chi connectivity index (χ1n) is 10.1. The molecular weight excluding hydrogens is 390 g/mol. The van der Waals surface area contributed by atoms with E-state index < -0.39 is 24.5 Å². The molecule has 1 aromatic heterocycles. The standard InChI is InChI=1S/C21H27N3O4S/c1-14-7-2-3-8-15(14)23-21(27)24-18(25)13-28-20(26)12-6-11-19-22-16-9-4-5-10-17(16)29-19/h4-5,9-10,14-15H,2-3,6-8,11-13H2,1H3,(H2,23,24,25,27)/t14-,15-/m1/s1. The molecule has 0 bridgehead atoms. The maximum atomic E-state index is 11.9. The zero-order valence-electron chi connectivity index (χ0n) is 16.6. The van der Waals surface area contributed by atoms with Crippen molar-refractivity contribution in [3.63, 3.8) is 0 Å². The van der Waals surface area contributed by atoms with Crippen LogP contribution in [0.2, 0.25) is 0 Å². The minimum atomic E-state index is -0.620. The molecule has 1 heterocycles. The Kier molecular flexibility index (Phi) is 7.57. The summed E-state index contributed by atoms with van der Waals surface area (Å²) >= 11 is 1.62. The third-order valence-electron chi connectivity index (χ3n) is 5.15. The number of amides is 3. The number of fused-ring (bicyclic) bond motifs is 1. The molecule has 156 valence electrons. The molecule has 2 atom stereocenters. The lowest BCUT2D eigenvalue weighted by Crippen LogP contribution is -2.48. The van der Waals surface area contributed by atoms with Crippen molar-refractivity contribution < 1.29 is 19.1 Å². The van der Waals surface area contributed by atoms with Gasteiger partial charge in [0.2, 0.25) is 0 Å². The third-order valence-corrected chi connectivity index (χ3v) is 6.25. The summed E-state index contributed by atoms with van der Waals surface area (Å²) in [5, 5.41) is 6.04. The number of carbonyl (C=O) groups excluding carboxylic acids is 3. The van der Waals surface area contributed by atoms with Gasteiger partial charge in [-0.1, -0.05) is 31.9 Å². The van der Waals surface area contributed by atoms with E-state index in [9.17, 15) is 14.4 Å². The molecule has 1 aliphatic rings. The minimum absolute atomic E-state index is 0.0848. The van der Waals surface area contributed by atoms with Crippen LogP contribution in [0.25, 0.3) is 10.2 Å². The van der Waals surface area contributed by atoms with Crippen LogP contribution in [0.15, 0.2) is 24.3 Å². The summed E-state index contributed by atoms with van der Waals surface area (Å²) in [5.74, 6) is -0.675. The number of aryl methyl sites for hydroxylation is 1. The van der Waals surface area contributed by atoms with Gasteiger partial charge >= 0.3 is 12.0 Å². The molecule has 1 aromatic carbocycles. The summed E-state index contributed by atoms with van der Waals surface area (Å²) < 4.78 is 6.09. The largest absolute Gasteiger partial charge is 0.456 e. The molecule has 1 saturated carbocycles. The van der Waals surface area contributed by atoms with Gasteiger partial charge in [0.05, 0.1) is 15.2 Å². The van der Waals surface area contributed by atoms with Crippen molar-refractivity contribution in [1.82, 2.24) is 15.6 Å². The van der Waals surface area contributed by atoms with Gasteiger partial charge in [0, 0.05) is 12.5 Å². The second kappa shape index (κ2) is 10.3. The van der Waals surface area contributed by atoms with Gasteiger partial charge in [-0.25, -0.2) is 9.78 Å². The topological polar surface area (TPSA) is 97.4 Å². The highest BCUT2D eigenvalue weighted by molar-refractivity contribution is 7.18. The average molecular weight is 418 g/mol. The summed E-state index contributed by atoms with van der Waals surface area (Å²) in [6, 6.07) is 7.47. The number of aromatic nitrogens is 1. The predicted octanol–water partition coefficient (Wildman–Crippen LogP) is 3.57. The summed E-state index contributed by atoms with van der Waals surface area (Å²) in [7, 11) is 0. The Hall–Kier alpha value is -2.48. The number of carbonyl (C=O) groups is 3. The lowest BCUT2D eigenvalue weighted by Gasteiger charge is -2.29. The molecule has 3 rings (SSSR count). The Morgan fingerprint density at radius 3 is 2.79 bits per heavy atom. The van der Waals surface area contributed by atoms with Gasteiger partial charge in [0.25, 0.3) is 5.91 Å². The van der Waals surface area contributed by atoms with Crippen LogP contribution in [0.4, 0.5) is 4.79 Å². The monoisotopic (exact) mass is 417 g/mol. The highest BCUT2D eigenvalue weighted by Crippen LogP contribution is 2.24. The number of nitrogens with one attached hydrogen (secondary N) is 2. The molecule has 0 unspecified atom stereocenters. The highest BCUT2D eigenvalue weighted by Gasteiger charge is 2.23. The summed E-state index contributed by atoms with van der Waals surface area (Å²) in [6.07, 6.45) is 5.74. The maximum Gasteiger partial charge on any atom is 0.321 e. The maximum absolute atomic E-state index is 11.9. The van der Waals surface area contributed by atoms with Crippen LogP contribution in [0, 0.1) is 5.92 Å². The fraction of sp³-hybridized carbons (Fsp3) is 0.524. The van der Waals surface area contributed by atoms with E-state index in [1.807, 2.05) is 24.3 Å². The summed E-state index contributed by atoms with van der Waals surface area (Å²) in [5.41, 5.74) is 0.965. The Bertz CT molecular complexity index is 833. The second-order valence-corrected chi connectivity index (χ2v) is 8.59. The van der Waals surface area contributed by atoms with Gasteiger partial charge < -0.3 is 10.1 Å². The van der Waals surface area contributed by atoms with Crippen molar-refractivity contribution in [3.8, 4) is 0 Å².